The van der Waals surface area contributed by atoms with Crippen molar-refractivity contribution in [1.29, 1.82) is 0 Å². The number of carbonyl (C=O) groups excluding carboxylic acids is 1. The minimum Gasteiger partial charge on any atom is -0.507 e. The van der Waals surface area contributed by atoms with E-state index in [0.29, 0.717) is 12.0 Å². The molecule has 0 saturated heterocycles. The number of hydrogen-bond acceptors (Lipinski definition) is 6. The first kappa shape index (κ1) is 14.6. The number of aromatic nitrogens is 4. The van der Waals surface area contributed by atoms with Crippen molar-refractivity contribution >= 4 is 11.5 Å². The zero-order valence-electron chi connectivity index (χ0n) is 11.7. The lowest BCUT2D eigenvalue weighted by Crippen LogP contribution is -2.01. The van der Waals surface area contributed by atoms with Crippen molar-refractivity contribution in [2.45, 2.75) is 6.42 Å². The van der Waals surface area contributed by atoms with Gasteiger partial charge in [0.1, 0.15) is 12.1 Å². The molecule has 23 heavy (non-hydrogen) atoms. The molecule has 3 aromatic heterocycles. The van der Waals surface area contributed by atoms with Crippen LogP contribution in [0.2, 0.25) is 0 Å². The van der Waals surface area contributed by atoms with Crippen molar-refractivity contribution in [2.75, 3.05) is 0 Å². The molecule has 0 aliphatic rings. The molecule has 3 rings (SSSR count). The van der Waals surface area contributed by atoms with Gasteiger partial charge in [0.05, 0.1) is 11.8 Å². The Morgan fingerprint density at radius 2 is 2.17 bits per heavy atom. The van der Waals surface area contributed by atoms with Gasteiger partial charge >= 0.3 is 0 Å². The minimum atomic E-state index is -0.965. The predicted octanol–water partition coefficient (Wildman–Crippen LogP) is 2.30. The Bertz CT molecular complexity index is 841. The second kappa shape index (κ2) is 6.22. The Kier molecular flexibility index (Phi) is 3.96. The van der Waals surface area contributed by atoms with E-state index in [1.807, 2.05) is 0 Å². The molecule has 116 valence electrons. The summed E-state index contributed by atoms with van der Waals surface area (Å²) in [6.45, 7) is 0. The molecule has 3 aromatic rings. The fourth-order valence-corrected chi connectivity index (χ4v) is 2.07. The number of nitrogens with one attached hydrogen (secondary N) is 1. The third-order valence-corrected chi connectivity index (χ3v) is 3.14. The maximum atomic E-state index is 13.8. The number of furan rings is 1. The number of carbonyl (C=O) groups is 1. The summed E-state index contributed by atoms with van der Waals surface area (Å²) < 4.78 is 18.6. The predicted molar refractivity (Wildman–Crippen MR) is 77.0 cm³/mol. The molecule has 3 heterocycles. The summed E-state index contributed by atoms with van der Waals surface area (Å²) in [7, 11) is 0. The summed E-state index contributed by atoms with van der Waals surface area (Å²) in [5, 5.41) is 16.0. The Morgan fingerprint density at radius 3 is 2.87 bits per heavy atom. The third-order valence-electron chi connectivity index (χ3n) is 3.14. The molecule has 0 atom stereocenters. The van der Waals surface area contributed by atoms with Gasteiger partial charge in [0.15, 0.2) is 5.82 Å². The van der Waals surface area contributed by atoms with Crippen LogP contribution in [0.3, 0.4) is 0 Å². The van der Waals surface area contributed by atoms with Gasteiger partial charge in [0, 0.05) is 30.5 Å². The van der Waals surface area contributed by atoms with Crippen LogP contribution in [0.5, 0.6) is 0 Å². The van der Waals surface area contributed by atoms with Crippen molar-refractivity contribution in [3.8, 4) is 0 Å². The summed E-state index contributed by atoms with van der Waals surface area (Å²) in [5.41, 5.74) is 1.11. The van der Waals surface area contributed by atoms with E-state index in [0.717, 1.165) is 18.0 Å². The van der Waals surface area contributed by atoms with E-state index in [-0.39, 0.29) is 11.4 Å². The second-order valence-corrected chi connectivity index (χ2v) is 4.67. The first-order valence-corrected chi connectivity index (χ1v) is 6.60. The fraction of sp³-hybridized carbons (Fsp3) is 0.0667. The number of aliphatic hydroxyl groups is 1. The van der Waals surface area contributed by atoms with E-state index in [4.69, 9.17) is 4.42 Å². The summed E-state index contributed by atoms with van der Waals surface area (Å²) >= 11 is 0. The number of ketones is 1. The smallest absolute Gasteiger partial charge is 0.289 e. The van der Waals surface area contributed by atoms with Gasteiger partial charge in [-0.15, -0.1) is 0 Å². The zero-order chi connectivity index (χ0) is 16.2. The molecule has 0 unspecified atom stereocenters. The molecule has 0 aromatic carbocycles. The number of rotatable bonds is 5. The first-order chi connectivity index (χ1) is 11.1. The number of halogens is 1. The van der Waals surface area contributed by atoms with Gasteiger partial charge in [0.25, 0.3) is 6.01 Å². The van der Waals surface area contributed by atoms with Gasteiger partial charge in [0.2, 0.25) is 5.78 Å². The highest BCUT2D eigenvalue weighted by Crippen LogP contribution is 2.25. The number of pyridine rings is 1. The summed E-state index contributed by atoms with van der Waals surface area (Å²) in [6, 6.07) is 2.55. The van der Waals surface area contributed by atoms with E-state index >= 15 is 0 Å². The van der Waals surface area contributed by atoms with Crippen LogP contribution in [0, 0.1) is 6.01 Å². The molecule has 0 fully saturated rings. The average molecular weight is 314 g/mol. The molecule has 0 spiro atoms. The van der Waals surface area contributed by atoms with Crippen molar-refractivity contribution in [1.82, 2.24) is 20.2 Å². The molecule has 0 radical (unpaired) electrons. The van der Waals surface area contributed by atoms with Gasteiger partial charge < -0.3 is 9.52 Å². The van der Waals surface area contributed by atoms with Crippen molar-refractivity contribution in [3.05, 3.63) is 71.7 Å². The molecular formula is C15H11FN4O3. The van der Waals surface area contributed by atoms with E-state index in [1.165, 1.54) is 6.26 Å². The number of allylic oxidation sites excluding steroid dienone is 1. The van der Waals surface area contributed by atoms with Crippen LogP contribution in [0.1, 0.15) is 27.3 Å². The lowest BCUT2D eigenvalue weighted by atomic mass is 10.0. The van der Waals surface area contributed by atoms with Gasteiger partial charge in [-0.1, -0.05) is 0 Å². The number of hydrogen-bond donors (Lipinski definition) is 2. The van der Waals surface area contributed by atoms with E-state index in [2.05, 4.69) is 20.2 Å². The zero-order valence-corrected chi connectivity index (χ0v) is 11.7. The highest BCUT2D eigenvalue weighted by Gasteiger charge is 2.19. The second-order valence-electron chi connectivity index (χ2n) is 4.67. The molecule has 0 aliphatic heterocycles. The van der Waals surface area contributed by atoms with Gasteiger partial charge in [-0.2, -0.15) is 9.49 Å². The number of nitrogens with zero attached hydrogens (tertiary/aromatic N) is 3. The Morgan fingerprint density at radius 1 is 1.39 bits per heavy atom. The largest absolute Gasteiger partial charge is 0.507 e. The van der Waals surface area contributed by atoms with Crippen molar-refractivity contribution in [3.63, 3.8) is 0 Å². The topological polar surface area (TPSA) is 105 Å². The summed E-state index contributed by atoms with van der Waals surface area (Å²) in [4.78, 5) is 19.4. The van der Waals surface area contributed by atoms with Crippen LogP contribution in [-0.2, 0) is 6.42 Å². The molecule has 0 amide bonds. The molecular weight excluding hydrogens is 303 g/mol. The molecule has 7 nitrogen and oxygen atoms in total. The van der Waals surface area contributed by atoms with Crippen LogP contribution in [0.25, 0.3) is 5.76 Å². The van der Waals surface area contributed by atoms with Crippen LogP contribution < -0.4 is 0 Å². The van der Waals surface area contributed by atoms with E-state index < -0.39 is 17.6 Å². The summed E-state index contributed by atoms with van der Waals surface area (Å²) in [6.07, 6.45) is 6.76. The average Bonchev–Trinajstić information content (AvgIpc) is 3.18. The lowest BCUT2D eigenvalue weighted by Gasteiger charge is -2.02. The quantitative estimate of drug-likeness (QED) is 0.425. The van der Waals surface area contributed by atoms with Crippen molar-refractivity contribution in [2.24, 2.45) is 0 Å². The first-order valence-electron chi connectivity index (χ1n) is 6.60. The van der Waals surface area contributed by atoms with Crippen LogP contribution in [0.15, 0.2) is 47.6 Å². The SMILES string of the molecule is O=C(C=C(O)c1c(Cc2ccncc2)coc1F)c1ncn[nH]1. The molecule has 0 saturated carbocycles. The van der Waals surface area contributed by atoms with Crippen LogP contribution >= 0.6 is 0 Å². The maximum absolute atomic E-state index is 13.8. The van der Waals surface area contributed by atoms with Gasteiger partial charge in [-0.3, -0.25) is 14.9 Å². The third kappa shape index (κ3) is 3.15. The summed E-state index contributed by atoms with van der Waals surface area (Å²) in [5.74, 6) is -1.23. The van der Waals surface area contributed by atoms with Crippen LogP contribution in [0.4, 0.5) is 4.39 Å². The molecule has 8 heteroatoms. The normalized spacial score (nSPS) is 11.6. The Hall–Kier alpha value is -3.29. The standard InChI is InChI=1S/C15H11FN4O3/c16-14-13(11(21)6-12(22)15-18-8-19-20-15)10(7-23-14)5-9-1-3-17-4-2-9/h1-4,6-8,21H,5H2,(H,18,19,20). The van der Waals surface area contributed by atoms with E-state index in [9.17, 15) is 14.3 Å². The monoisotopic (exact) mass is 314 g/mol. The maximum Gasteiger partial charge on any atom is 0.289 e. The number of H-pyrrole nitrogens is 1. The minimum absolute atomic E-state index is 0.0591. The fourth-order valence-electron chi connectivity index (χ4n) is 2.07. The highest BCUT2D eigenvalue weighted by atomic mass is 19.1. The molecule has 0 bridgehead atoms. The Labute approximate surface area is 129 Å². The highest BCUT2D eigenvalue weighted by molar-refractivity contribution is 6.05. The van der Waals surface area contributed by atoms with Crippen LogP contribution in [-0.4, -0.2) is 31.1 Å². The number of aliphatic hydroxyl groups excluding tert-OH is 1. The number of aromatic amines is 1. The van der Waals surface area contributed by atoms with E-state index in [1.54, 1.807) is 24.5 Å². The molecule has 0 aliphatic carbocycles. The van der Waals surface area contributed by atoms with Crippen molar-refractivity contribution < 1.29 is 18.7 Å². The van der Waals surface area contributed by atoms with Gasteiger partial charge in [-0.25, -0.2) is 4.98 Å². The lowest BCUT2D eigenvalue weighted by molar-refractivity contribution is 0.103. The Balaban J connectivity index is 1.90. The van der Waals surface area contributed by atoms with Gasteiger partial charge in [-0.05, 0) is 17.7 Å². The molecule has 2 N–H and O–H groups in total.